The second-order valence-electron chi connectivity index (χ2n) is 5.94. The first kappa shape index (κ1) is 18.3. The zero-order valence-electron chi connectivity index (χ0n) is 15.0. The van der Waals surface area contributed by atoms with Gasteiger partial charge in [0.05, 0.1) is 29.3 Å². The molecule has 27 heavy (non-hydrogen) atoms. The number of aliphatic imine (C=N–C) groups is 1. The van der Waals surface area contributed by atoms with E-state index in [2.05, 4.69) is 43.8 Å². The SMILES string of the molecule is C=C1Nc2ccccc2N1CC=Nc1ccccc1NCC/C(N)=N/NN. The number of para-hydroxylation sites is 4. The summed E-state index contributed by atoms with van der Waals surface area (Å²) < 4.78 is 0. The molecule has 1 heterocycles. The fourth-order valence-electron chi connectivity index (χ4n) is 2.81. The number of nitrogens with zero attached hydrogens (tertiary/aromatic N) is 3. The number of benzene rings is 2. The maximum Gasteiger partial charge on any atom is 0.122 e. The van der Waals surface area contributed by atoms with Crippen molar-refractivity contribution in [1.29, 1.82) is 0 Å². The van der Waals surface area contributed by atoms with Crippen molar-refractivity contribution in [2.45, 2.75) is 6.42 Å². The van der Waals surface area contributed by atoms with Gasteiger partial charge >= 0.3 is 0 Å². The van der Waals surface area contributed by atoms with Gasteiger partial charge in [-0.3, -0.25) is 4.99 Å². The molecule has 0 spiro atoms. The summed E-state index contributed by atoms with van der Waals surface area (Å²) in [5.74, 6) is 6.39. The van der Waals surface area contributed by atoms with Crippen LogP contribution < -0.4 is 32.6 Å². The van der Waals surface area contributed by atoms with E-state index in [0.717, 1.165) is 28.6 Å². The van der Waals surface area contributed by atoms with Crippen LogP contribution in [0.4, 0.5) is 22.7 Å². The van der Waals surface area contributed by atoms with Crippen molar-refractivity contribution in [3.63, 3.8) is 0 Å². The highest BCUT2D eigenvalue weighted by Crippen LogP contribution is 2.34. The van der Waals surface area contributed by atoms with E-state index >= 15 is 0 Å². The minimum Gasteiger partial charge on any atom is -0.386 e. The van der Waals surface area contributed by atoms with Gasteiger partial charge in [0, 0.05) is 19.2 Å². The fraction of sp³-hybridized carbons (Fsp3) is 0.158. The number of amidine groups is 1. The highest BCUT2D eigenvalue weighted by Gasteiger charge is 2.20. The van der Waals surface area contributed by atoms with Crippen LogP contribution in [0.15, 0.2) is 71.0 Å². The lowest BCUT2D eigenvalue weighted by Crippen LogP contribution is -2.24. The molecular weight excluding hydrogens is 340 g/mol. The number of nitrogens with two attached hydrogens (primary N) is 2. The number of rotatable bonds is 8. The number of nitrogens with one attached hydrogen (secondary N) is 3. The van der Waals surface area contributed by atoms with E-state index in [1.54, 1.807) is 0 Å². The average Bonchev–Trinajstić information content (AvgIpc) is 2.99. The first-order valence-corrected chi connectivity index (χ1v) is 8.64. The maximum atomic E-state index is 5.71. The third-order valence-corrected chi connectivity index (χ3v) is 4.10. The van der Waals surface area contributed by atoms with E-state index < -0.39 is 0 Å². The standard InChI is InChI=1S/C19H24N8/c1-14-24-17-8-4-5-9-18(17)27(14)13-12-23-16-7-3-2-6-15(16)22-11-10-19(20)25-26-21/h2-9,12,22,24,26H,1,10-11,13,21H2,(H2,20,25). The Labute approximate surface area is 158 Å². The molecule has 0 amide bonds. The minimum atomic E-state index is 0.435. The topological polar surface area (TPSA) is 116 Å². The predicted molar refractivity (Wildman–Crippen MR) is 113 cm³/mol. The molecule has 3 rings (SSSR count). The van der Waals surface area contributed by atoms with Crippen LogP contribution in [0.1, 0.15) is 6.42 Å². The number of hydrazone groups is 1. The van der Waals surface area contributed by atoms with Gasteiger partial charge in [0.1, 0.15) is 11.7 Å². The van der Waals surface area contributed by atoms with Crippen molar-refractivity contribution < 1.29 is 0 Å². The molecule has 1 aliphatic rings. The van der Waals surface area contributed by atoms with Crippen LogP contribution >= 0.6 is 0 Å². The molecule has 140 valence electrons. The van der Waals surface area contributed by atoms with Gasteiger partial charge in [-0.1, -0.05) is 30.8 Å². The average molecular weight is 364 g/mol. The lowest BCUT2D eigenvalue weighted by atomic mass is 10.2. The zero-order valence-corrected chi connectivity index (χ0v) is 15.0. The largest absolute Gasteiger partial charge is 0.386 e. The van der Waals surface area contributed by atoms with Gasteiger partial charge < -0.3 is 21.3 Å². The summed E-state index contributed by atoms with van der Waals surface area (Å²) in [6, 6.07) is 16.0. The molecule has 0 atom stereocenters. The van der Waals surface area contributed by atoms with Crippen LogP contribution in [0, 0.1) is 0 Å². The van der Waals surface area contributed by atoms with Crippen LogP contribution in [-0.2, 0) is 0 Å². The molecular formula is C19H24N8. The van der Waals surface area contributed by atoms with Crippen molar-refractivity contribution >= 4 is 34.8 Å². The first-order valence-electron chi connectivity index (χ1n) is 8.64. The zero-order chi connectivity index (χ0) is 19.1. The third-order valence-electron chi connectivity index (χ3n) is 4.10. The molecule has 8 heteroatoms. The number of hydrogen-bond acceptors (Lipinski definition) is 7. The van der Waals surface area contributed by atoms with Gasteiger partial charge in [0.15, 0.2) is 0 Å². The monoisotopic (exact) mass is 364 g/mol. The molecule has 8 nitrogen and oxygen atoms in total. The maximum absolute atomic E-state index is 5.71. The first-order chi connectivity index (χ1) is 13.2. The molecule has 0 saturated heterocycles. The van der Waals surface area contributed by atoms with Gasteiger partial charge in [-0.15, -0.1) is 0 Å². The number of hydrogen-bond donors (Lipinski definition) is 5. The quantitative estimate of drug-likeness (QED) is 0.212. The molecule has 0 aliphatic carbocycles. The van der Waals surface area contributed by atoms with E-state index in [0.29, 0.717) is 25.3 Å². The Morgan fingerprint density at radius 3 is 2.81 bits per heavy atom. The van der Waals surface area contributed by atoms with Crippen molar-refractivity contribution in [3.05, 3.63) is 60.9 Å². The van der Waals surface area contributed by atoms with E-state index in [1.165, 1.54) is 0 Å². The van der Waals surface area contributed by atoms with E-state index in [9.17, 15) is 0 Å². The molecule has 0 unspecified atom stereocenters. The van der Waals surface area contributed by atoms with Gasteiger partial charge in [-0.2, -0.15) is 5.10 Å². The molecule has 0 aromatic heterocycles. The summed E-state index contributed by atoms with van der Waals surface area (Å²) in [5.41, 5.74) is 11.8. The molecule has 1 aliphatic heterocycles. The summed E-state index contributed by atoms with van der Waals surface area (Å²) in [4.78, 5) is 6.71. The highest BCUT2D eigenvalue weighted by molar-refractivity contribution is 5.85. The summed E-state index contributed by atoms with van der Waals surface area (Å²) in [5, 5.41) is 10.3. The Morgan fingerprint density at radius 2 is 1.96 bits per heavy atom. The lowest BCUT2D eigenvalue weighted by Gasteiger charge is -2.16. The van der Waals surface area contributed by atoms with E-state index in [4.69, 9.17) is 11.6 Å². The van der Waals surface area contributed by atoms with Crippen LogP contribution in [-0.4, -0.2) is 25.1 Å². The second kappa shape index (κ2) is 8.72. The molecule has 2 aromatic carbocycles. The van der Waals surface area contributed by atoms with Crippen molar-refractivity contribution in [2.75, 3.05) is 28.6 Å². The van der Waals surface area contributed by atoms with Crippen LogP contribution in [0.25, 0.3) is 0 Å². The third kappa shape index (κ3) is 4.56. The smallest absolute Gasteiger partial charge is 0.122 e. The summed E-state index contributed by atoms with van der Waals surface area (Å²) in [6.45, 7) is 5.32. The Hall–Kier alpha value is -3.52. The normalized spacial score (nSPS) is 13.6. The molecule has 2 aromatic rings. The number of hydrazine groups is 1. The molecule has 0 radical (unpaired) electrons. The Balaban J connectivity index is 1.62. The summed E-state index contributed by atoms with van der Waals surface area (Å²) >= 11 is 0. The predicted octanol–water partition coefficient (Wildman–Crippen LogP) is 2.33. The Bertz CT molecular complexity index is 858. The van der Waals surface area contributed by atoms with Gasteiger partial charge in [0.25, 0.3) is 0 Å². The van der Waals surface area contributed by atoms with Gasteiger partial charge in [0.2, 0.25) is 0 Å². The molecule has 0 bridgehead atoms. The van der Waals surface area contributed by atoms with Crippen molar-refractivity contribution in [2.24, 2.45) is 21.7 Å². The van der Waals surface area contributed by atoms with Crippen LogP contribution in [0.3, 0.4) is 0 Å². The second-order valence-corrected chi connectivity index (χ2v) is 5.94. The van der Waals surface area contributed by atoms with E-state index in [1.807, 2.05) is 48.7 Å². The number of fused-ring (bicyclic) bond motifs is 1. The van der Waals surface area contributed by atoms with Crippen LogP contribution in [0.2, 0.25) is 0 Å². The summed E-state index contributed by atoms with van der Waals surface area (Å²) in [7, 11) is 0. The van der Waals surface area contributed by atoms with Crippen LogP contribution in [0.5, 0.6) is 0 Å². The highest BCUT2D eigenvalue weighted by atomic mass is 15.5. The van der Waals surface area contributed by atoms with Gasteiger partial charge in [-0.25, -0.2) is 11.4 Å². The molecule has 0 fully saturated rings. The Morgan fingerprint density at radius 1 is 1.19 bits per heavy atom. The van der Waals surface area contributed by atoms with Gasteiger partial charge in [-0.05, 0) is 24.3 Å². The van der Waals surface area contributed by atoms with Crippen molar-refractivity contribution in [3.8, 4) is 0 Å². The minimum absolute atomic E-state index is 0.435. The molecule has 0 saturated carbocycles. The van der Waals surface area contributed by atoms with E-state index in [-0.39, 0.29) is 0 Å². The summed E-state index contributed by atoms with van der Waals surface area (Å²) in [6.07, 6.45) is 2.45. The van der Waals surface area contributed by atoms with Crippen molar-refractivity contribution in [1.82, 2.24) is 5.53 Å². The fourth-order valence-corrected chi connectivity index (χ4v) is 2.81. The molecule has 7 N–H and O–H groups in total. The lowest BCUT2D eigenvalue weighted by molar-refractivity contribution is 0.795. The Kier molecular flexibility index (Phi) is 5.91. The number of anilines is 3.